The predicted molar refractivity (Wildman–Crippen MR) is 85.6 cm³/mol. The Labute approximate surface area is 129 Å². The number of rotatable bonds is 6. The summed E-state index contributed by atoms with van der Waals surface area (Å²) in [5.41, 5.74) is 8.21. The first-order chi connectivity index (χ1) is 10.1. The molecule has 0 radical (unpaired) electrons. The van der Waals surface area contributed by atoms with Gasteiger partial charge in [-0.3, -0.25) is 0 Å². The maximum absolute atomic E-state index is 9.01. The average Bonchev–Trinajstić information content (AvgIpc) is 2.53. The molecule has 2 rings (SSSR count). The lowest BCUT2D eigenvalue weighted by Crippen LogP contribution is -2.09. The van der Waals surface area contributed by atoms with Gasteiger partial charge in [0.2, 0.25) is 0 Å². The van der Waals surface area contributed by atoms with E-state index >= 15 is 0 Å². The molecule has 2 aromatic rings. The highest BCUT2D eigenvalue weighted by Gasteiger charge is 2.07. The molecule has 110 valence electrons. The van der Waals surface area contributed by atoms with Crippen molar-refractivity contribution in [1.29, 1.82) is 0 Å². The molecule has 0 aliphatic carbocycles. The Morgan fingerprint density at radius 2 is 1.76 bits per heavy atom. The molecule has 3 N–H and O–H groups in total. The number of hydrogen-bond acceptors (Lipinski definition) is 4. The second kappa shape index (κ2) is 7.06. The van der Waals surface area contributed by atoms with E-state index < -0.39 is 0 Å². The van der Waals surface area contributed by atoms with Crippen LogP contribution in [-0.2, 0) is 13.2 Å². The number of methoxy groups -OCH3 is 1. The van der Waals surface area contributed by atoms with Crippen LogP contribution in [0.3, 0.4) is 0 Å². The lowest BCUT2D eigenvalue weighted by molar-refractivity contribution is 0.279. The summed E-state index contributed by atoms with van der Waals surface area (Å²) in [7, 11) is 1.57. The summed E-state index contributed by atoms with van der Waals surface area (Å²) in [4.78, 5) is 0.319. The predicted octanol–water partition coefficient (Wildman–Crippen LogP) is 2.40. The fourth-order valence-corrected chi connectivity index (χ4v) is 1.97. The van der Waals surface area contributed by atoms with Crippen LogP contribution < -0.4 is 15.2 Å². The van der Waals surface area contributed by atoms with E-state index in [1.54, 1.807) is 25.3 Å². The van der Waals surface area contributed by atoms with E-state index in [9.17, 15) is 0 Å². The second-order valence-corrected chi connectivity index (χ2v) is 4.93. The molecule has 0 saturated carbocycles. The number of thiocarbonyl (C=S) groups is 1. The van der Waals surface area contributed by atoms with Gasteiger partial charge >= 0.3 is 0 Å². The van der Waals surface area contributed by atoms with Gasteiger partial charge in [0.1, 0.15) is 11.6 Å². The Balaban J connectivity index is 2.09. The van der Waals surface area contributed by atoms with E-state index in [-0.39, 0.29) is 6.61 Å². The molecular formula is C16H17NO3S. The number of benzene rings is 2. The summed E-state index contributed by atoms with van der Waals surface area (Å²) in [5.74, 6) is 1.22. The van der Waals surface area contributed by atoms with E-state index in [2.05, 4.69) is 0 Å². The Hall–Kier alpha value is -2.11. The Kier molecular flexibility index (Phi) is 5.14. The van der Waals surface area contributed by atoms with Crippen molar-refractivity contribution in [2.24, 2.45) is 5.73 Å². The number of ether oxygens (including phenoxy) is 2. The number of hydrogen-bond donors (Lipinski definition) is 2. The van der Waals surface area contributed by atoms with Crippen LogP contribution in [0.4, 0.5) is 0 Å². The zero-order valence-electron chi connectivity index (χ0n) is 11.7. The summed E-state index contributed by atoms with van der Waals surface area (Å²) >= 11 is 4.94. The monoisotopic (exact) mass is 303 g/mol. The normalized spacial score (nSPS) is 10.2. The SMILES string of the molecule is COc1cc(C(N)=S)ccc1OCc1ccc(CO)cc1. The molecule has 0 saturated heterocycles. The third kappa shape index (κ3) is 3.93. The van der Waals surface area contributed by atoms with Crippen LogP contribution in [0.1, 0.15) is 16.7 Å². The molecule has 0 aliphatic rings. The molecule has 0 bridgehead atoms. The minimum Gasteiger partial charge on any atom is -0.493 e. The van der Waals surface area contributed by atoms with Crippen molar-refractivity contribution in [3.8, 4) is 11.5 Å². The summed E-state index contributed by atoms with van der Waals surface area (Å²) in [6.07, 6.45) is 0. The minimum atomic E-state index is 0.0371. The Bertz CT molecular complexity index is 626. The average molecular weight is 303 g/mol. The maximum Gasteiger partial charge on any atom is 0.161 e. The molecular weight excluding hydrogens is 286 g/mol. The molecule has 0 aliphatic heterocycles. The Morgan fingerprint density at radius 1 is 1.10 bits per heavy atom. The van der Waals surface area contributed by atoms with Gasteiger partial charge in [-0.05, 0) is 29.3 Å². The molecule has 21 heavy (non-hydrogen) atoms. The van der Waals surface area contributed by atoms with E-state index in [4.69, 9.17) is 32.5 Å². The van der Waals surface area contributed by atoms with Gasteiger partial charge in [-0.25, -0.2) is 0 Å². The second-order valence-electron chi connectivity index (χ2n) is 4.49. The summed E-state index contributed by atoms with van der Waals surface area (Å²) < 4.78 is 11.0. The minimum absolute atomic E-state index is 0.0371. The van der Waals surface area contributed by atoms with Crippen molar-refractivity contribution in [2.75, 3.05) is 7.11 Å². The van der Waals surface area contributed by atoms with Crippen LogP contribution in [0.2, 0.25) is 0 Å². The summed E-state index contributed by atoms with van der Waals surface area (Å²) in [6.45, 7) is 0.448. The molecule has 0 heterocycles. The third-order valence-electron chi connectivity index (χ3n) is 3.05. The molecule has 0 spiro atoms. The fraction of sp³-hybridized carbons (Fsp3) is 0.188. The molecule has 0 amide bonds. The van der Waals surface area contributed by atoms with Gasteiger partial charge in [0, 0.05) is 5.56 Å². The van der Waals surface area contributed by atoms with Crippen molar-refractivity contribution in [1.82, 2.24) is 0 Å². The molecule has 5 heteroatoms. The largest absolute Gasteiger partial charge is 0.493 e. The number of aliphatic hydroxyl groups is 1. The van der Waals surface area contributed by atoms with Gasteiger partial charge in [-0.1, -0.05) is 36.5 Å². The van der Waals surface area contributed by atoms with Gasteiger partial charge < -0.3 is 20.3 Å². The van der Waals surface area contributed by atoms with Crippen molar-refractivity contribution in [3.63, 3.8) is 0 Å². The van der Waals surface area contributed by atoms with Crippen molar-refractivity contribution < 1.29 is 14.6 Å². The highest BCUT2D eigenvalue weighted by Crippen LogP contribution is 2.28. The Morgan fingerprint density at radius 3 is 2.33 bits per heavy atom. The van der Waals surface area contributed by atoms with Crippen molar-refractivity contribution in [3.05, 3.63) is 59.2 Å². The zero-order chi connectivity index (χ0) is 15.2. The summed E-state index contributed by atoms with van der Waals surface area (Å²) in [6, 6.07) is 12.9. The van der Waals surface area contributed by atoms with E-state index in [1.165, 1.54) is 0 Å². The lowest BCUT2D eigenvalue weighted by atomic mass is 10.1. The number of nitrogens with two attached hydrogens (primary N) is 1. The summed E-state index contributed by atoms with van der Waals surface area (Å²) in [5, 5.41) is 9.01. The first kappa shape index (κ1) is 15.3. The van der Waals surface area contributed by atoms with Gasteiger partial charge in [0.05, 0.1) is 13.7 Å². The molecule has 0 atom stereocenters. The first-order valence-electron chi connectivity index (χ1n) is 6.43. The molecule has 4 nitrogen and oxygen atoms in total. The topological polar surface area (TPSA) is 64.7 Å². The highest BCUT2D eigenvalue weighted by molar-refractivity contribution is 7.80. The van der Waals surface area contributed by atoms with E-state index in [0.717, 1.165) is 16.7 Å². The number of aliphatic hydroxyl groups excluding tert-OH is 1. The van der Waals surface area contributed by atoms with Gasteiger partial charge in [-0.2, -0.15) is 0 Å². The third-order valence-corrected chi connectivity index (χ3v) is 3.28. The van der Waals surface area contributed by atoms with Crippen LogP contribution in [0, 0.1) is 0 Å². The lowest BCUT2D eigenvalue weighted by Gasteiger charge is -2.12. The van der Waals surface area contributed by atoms with Gasteiger partial charge in [0.25, 0.3) is 0 Å². The van der Waals surface area contributed by atoms with Crippen LogP contribution in [0.25, 0.3) is 0 Å². The van der Waals surface area contributed by atoms with Gasteiger partial charge in [0.15, 0.2) is 11.5 Å². The molecule has 2 aromatic carbocycles. The van der Waals surface area contributed by atoms with Crippen molar-refractivity contribution >= 4 is 17.2 Å². The first-order valence-corrected chi connectivity index (χ1v) is 6.84. The standard InChI is InChI=1S/C16H17NO3S/c1-19-15-8-13(16(17)21)6-7-14(15)20-10-12-4-2-11(9-18)3-5-12/h2-8,18H,9-10H2,1H3,(H2,17,21). The molecule has 0 aromatic heterocycles. The molecule has 0 unspecified atom stereocenters. The van der Waals surface area contributed by atoms with Gasteiger partial charge in [-0.15, -0.1) is 0 Å². The van der Waals surface area contributed by atoms with Crippen LogP contribution in [-0.4, -0.2) is 17.2 Å². The molecule has 0 fully saturated rings. The highest BCUT2D eigenvalue weighted by atomic mass is 32.1. The quantitative estimate of drug-likeness (QED) is 0.802. The van der Waals surface area contributed by atoms with Crippen LogP contribution in [0.15, 0.2) is 42.5 Å². The smallest absolute Gasteiger partial charge is 0.161 e. The zero-order valence-corrected chi connectivity index (χ0v) is 12.5. The van der Waals surface area contributed by atoms with Crippen molar-refractivity contribution in [2.45, 2.75) is 13.2 Å². The van der Waals surface area contributed by atoms with Crippen LogP contribution in [0.5, 0.6) is 11.5 Å². The fourth-order valence-electron chi connectivity index (χ4n) is 1.84. The van der Waals surface area contributed by atoms with E-state index in [1.807, 2.05) is 24.3 Å². The maximum atomic E-state index is 9.01. The van der Waals surface area contributed by atoms with E-state index in [0.29, 0.717) is 23.1 Å². The van der Waals surface area contributed by atoms with Crippen LogP contribution >= 0.6 is 12.2 Å².